The lowest BCUT2D eigenvalue weighted by atomic mass is 10.1. The summed E-state index contributed by atoms with van der Waals surface area (Å²) in [7, 11) is 0. The van der Waals surface area contributed by atoms with Gasteiger partial charge in [0.15, 0.2) is 0 Å². The van der Waals surface area contributed by atoms with Crippen LogP contribution in [0.5, 0.6) is 0 Å². The average Bonchev–Trinajstić information content (AvgIpc) is 2.62. The summed E-state index contributed by atoms with van der Waals surface area (Å²) in [5.41, 5.74) is 6.53. The van der Waals surface area contributed by atoms with Crippen LogP contribution in [0.4, 0.5) is 0 Å². The van der Waals surface area contributed by atoms with Crippen molar-refractivity contribution < 1.29 is 14.6 Å². The predicted molar refractivity (Wildman–Crippen MR) is 58.6 cm³/mol. The van der Waals surface area contributed by atoms with Crippen molar-refractivity contribution in [2.24, 2.45) is 5.73 Å². The molecule has 0 saturated heterocycles. The molecule has 0 radical (unpaired) electrons. The number of carbonyl (C=O) groups is 1. The largest absolute Gasteiger partial charge is 0.465 e. The highest BCUT2D eigenvalue weighted by Crippen LogP contribution is 2.25. The fourth-order valence-corrected chi connectivity index (χ4v) is 2.18. The van der Waals surface area contributed by atoms with Gasteiger partial charge in [-0.15, -0.1) is 11.3 Å². The number of thiophene rings is 1. The summed E-state index contributed by atoms with van der Waals surface area (Å²) in [5, 5.41) is 11.7. The van der Waals surface area contributed by atoms with Gasteiger partial charge in [0.1, 0.15) is 12.1 Å². The van der Waals surface area contributed by atoms with Gasteiger partial charge >= 0.3 is 5.97 Å². The van der Waals surface area contributed by atoms with Crippen LogP contribution in [0.15, 0.2) is 11.4 Å². The molecule has 0 aromatic carbocycles. The Hall–Kier alpha value is -0.910. The first-order valence-electron chi connectivity index (χ1n) is 4.72. The molecule has 5 heteroatoms. The van der Waals surface area contributed by atoms with E-state index in [1.54, 1.807) is 6.92 Å². The number of nitrogens with two attached hydrogens (primary N) is 1. The smallest absolute Gasteiger partial charge is 0.326 e. The minimum Gasteiger partial charge on any atom is -0.465 e. The molecule has 15 heavy (non-hydrogen) atoms. The van der Waals surface area contributed by atoms with Crippen LogP contribution in [0, 0.1) is 6.92 Å². The number of carbonyl (C=O) groups excluding carboxylic acids is 1. The highest BCUT2D eigenvalue weighted by Gasteiger charge is 2.27. The predicted octanol–water partition coefficient (Wildman–Crippen LogP) is 0.980. The van der Waals surface area contributed by atoms with Gasteiger partial charge in [-0.3, -0.25) is 4.79 Å². The third-order valence-electron chi connectivity index (χ3n) is 2.07. The monoisotopic (exact) mass is 229 g/mol. The van der Waals surface area contributed by atoms with Crippen LogP contribution < -0.4 is 5.73 Å². The molecular formula is C10H15NO3S. The summed E-state index contributed by atoms with van der Waals surface area (Å²) >= 11 is 1.38. The number of rotatable bonds is 4. The maximum atomic E-state index is 11.3. The van der Waals surface area contributed by atoms with Crippen LogP contribution in [0.1, 0.15) is 23.5 Å². The summed E-state index contributed by atoms with van der Waals surface area (Å²) < 4.78 is 4.74. The molecular weight excluding hydrogens is 214 g/mol. The van der Waals surface area contributed by atoms with E-state index in [0.717, 1.165) is 10.4 Å². The Labute approximate surface area is 92.7 Å². The van der Waals surface area contributed by atoms with Crippen molar-refractivity contribution in [3.05, 3.63) is 21.9 Å². The zero-order chi connectivity index (χ0) is 11.4. The first-order chi connectivity index (χ1) is 7.07. The van der Waals surface area contributed by atoms with Crippen LogP contribution >= 0.6 is 11.3 Å². The van der Waals surface area contributed by atoms with Gasteiger partial charge in [0, 0.05) is 4.88 Å². The third-order valence-corrected chi connectivity index (χ3v) is 3.16. The first-order valence-corrected chi connectivity index (χ1v) is 5.60. The summed E-state index contributed by atoms with van der Waals surface area (Å²) in [6, 6.07) is 0.864. The summed E-state index contributed by atoms with van der Waals surface area (Å²) in [4.78, 5) is 12.0. The van der Waals surface area contributed by atoms with E-state index in [0.29, 0.717) is 0 Å². The molecule has 0 aliphatic carbocycles. The van der Waals surface area contributed by atoms with Crippen molar-refractivity contribution in [1.82, 2.24) is 0 Å². The number of ether oxygens (including phenoxy) is 1. The van der Waals surface area contributed by atoms with E-state index in [2.05, 4.69) is 0 Å². The maximum Gasteiger partial charge on any atom is 0.326 e. The number of esters is 1. The van der Waals surface area contributed by atoms with Gasteiger partial charge in [0.25, 0.3) is 0 Å². The molecule has 4 nitrogen and oxygen atoms in total. The zero-order valence-electron chi connectivity index (χ0n) is 8.77. The lowest BCUT2D eigenvalue weighted by molar-refractivity contribution is -0.147. The van der Waals surface area contributed by atoms with E-state index in [4.69, 9.17) is 10.5 Å². The lowest BCUT2D eigenvalue weighted by Gasteiger charge is -2.16. The average molecular weight is 229 g/mol. The fraction of sp³-hybridized carbons (Fsp3) is 0.500. The Balaban J connectivity index is 2.72. The normalized spacial score (nSPS) is 14.7. The standard InChI is InChI=1S/C10H15NO3S/c1-3-14-10(13)7(11)8(12)9-6(2)4-5-15-9/h4-5,7-8,12H,3,11H2,1-2H3. The molecule has 0 fully saturated rings. The van der Waals surface area contributed by atoms with Crippen molar-refractivity contribution in [2.75, 3.05) is 6.61 Å². The SMILES string of the molecule is CCOC(=O)C(N)C(O)c1sccc1C. The van der Waals surface area contributed by atoms with Crippen LogP contribution in [0.2, 0.25) is 0 Å². The molecule has 0 bridgehead atoms. The minimum absolute atomic E-state index is 0.267. The number of aryl methyl sites for hydroxylation is 1. The Morgan fingerprint density at radius 3 is 2.87 bits per heavy atom. The van der Waals surface area contributed by atoms with Crippen molar-refractivity contribution in [1.29, 1.82) is 0 Å². The van der Waals surface area contributed by atoms with Gasteiger partial charge in [0.05, 0.1) is 6.61 Å². The minimum atomic E-state index is -1.01. The van der Waals surface area contributed by atoms with Crippen molar-refractivity contribution in [2.45, 2.75) is 26.0 Å². The molecule has 2 unspecified atom stereocenters. The van der Waals surface area contributed by atoms with E-state index in [-0.39, 0.29) is 6.61 Å². The van der Waals surface area contributed by atoms with Gasteiger partial charge in [0.2, 0.25) is 0 Å². The van der Waals surface area contributed by atoms with Gasteiger partial charge in [-0.25, -0.2) is 0 Å². The fourth-order valence-electron chi connectivity index (χ4n) is 1.22. The first kappa shape index (κ1) is 12.2. The van der Waals surface area contributed by atoms with Gasteiger partial charge in [-0.1, -0.05) is 0 Å². The molecule has 0 aliphatic heterocycles. The van der Waals surface area contributed by atoms with Crippen molar-refractivity contribution in [3.63, 3.8) is 0 Å². The topological polar surface area (TPSA) is 72.5 Å². The molecule has 1 aromatic heterocycles. The van der Waals surface area contributed by atoms with E-state index >= 15 is 0 Å². The van der Waals surface area contributed by atoms with Crippen LogP contribution in [-0.4, -0.2) is 23.7 Å². The Morgan fingerprint density at radius 2 is 2.40 bits per heavy atom. The Bertz CT molecular complexity index is 337. The molecule has 2 atom stereocenters. The van der Waals surface area contributed by atoms with Gasteiger partial charge in [-0.05, 0) is 30.9 Å². The van der Waals surface area contributed by atoms with E-state index in [1.165, 1.54) is 11.3 Å². The highest BCUT2D eigenvalue weighted by atomic mass is 32.1. The van der Waals surface area contributed by atoms with Crippen LogP contribution in [0.25, 0.3) is 0 Å². The molecule has 0 spiro atoms. The van der Waals surface area contributed by atoms with Gasteiger partial charge < -0.3 is 15.6 Å². The Morgan fingerprint density at radius 1 is 1.73 bits per heavy atom. The second kappa shape index (κ2) is 5.25. The lowest BCUT2D eigenvalue weighted by Crippen LogP contribution is -2.38. The van der Waals surface area contributed by atoms with Crippen LogP contribution in [0.3, 0.4) is 0 Å². The molecule has 1 aromatic rings. The zero-order valence-corrected chi connectivity index (χ0v) is 9.58. The van der Waals surface area contributed by atoms with E-state index in [9.17, 15) is 9.90 Å². The van der Waals surface area contributed by atoms with Gasteiger partial charge in [-0.2, -0.15) is 0 Å². The molecule has 84 valence electrons. The molecule has 3 N–H and O–H groups in total. The summed E-state index contributed by atoms with van der Waals surface area (Å²) in [5.74, 6) is -0.571. The van der Waals surface area contributed by atoms with E-state index < -0.39 is 18.1 Å². The van der Waals surface area contributed by atoms with E-state index in [1.807, 2.05) is 18.4 Å². The molecule has 0 saturated carbocycles. The number of hydrogen-bond acceptors (Lipinski definition) is 5. The second-order valence-corrected chi connectivity index (χ2v) is 4.14. The molecule has 0 aliphatic rings. The second-order valence-electron chi connectivity index (χ2n) is 3.19. The highest BCUT2D eigenvalue weighted by molar-refractivity contribution is 7.10. The van der Waals surface area contributed by atoms with Crippen molar-refractivity contribution in [3.8, 4) is 0 Å². The molecule has 0 amide bonds. The molecule has 1 rings (SSSR count). The number of aliphatic hydroxyl groups is 1. The third kappa shape index (κ3) is 2.77. The Kier molecular flexibility index (Phi) is 4.26. The van der Waals surface area contributed by atoms with Crippen molar-refractivity contribution >= 4 is 17.3 Å². The number of aliphatic hydroxyl groups excluding tert-OH is 1. The summed E-state index contributed by atoms with van der Waals surface area (Å²) in [6.07, 6.45) is -0.982. The quantitative estimate of drug-likeness (QED) is 0.755. The maximum absolute atomic E-state index is 11.3. The number of hydrogen-bond donors (Lipinski definition) is 2. The summed E-state index contributed by atoms with van der Waals surface area (Å²) in [6.45, 7) is 3.84. The van der Waals surface area contributed by atoms with Crippen LogP contribution in [-0.2, 0) is 9.53 Å². The molecule has 1 heterocycles.